The van der Waals surface area contributed by atoms with Crippen molar-refractivity contribution in [2.45, 2.75) is 58.9 Å². The van der Waals surface area contributed by atoms with Gasteiger partial charge in [-0.15, -0.1) is 0 Å². The average molecular weight is 325 g/mol. The molecule has 2 aromatic carbocycles. The van der Waals surface area contributed by atoms with E-state index in [1.165, 1.54) is 37.8 Å². The van der Waals surface area contributed by atoms with Crippen molar-refractivity contribution in [3.8, 4) is 0 Å². The van der Waals surface area contributed by atoms with Crippen LogP contribution in [0.4, 0.5) is 17.1 Å². The van der Waals surface area contributed by atoms with Gasteiger partial charge < -0.3 is 10.6 Å². The molecule has 1 atom stereocenters. The quantitative estimate of drug-likeness (QED) is 0.500. The minimum absolute atomic E-state index is 0.568. The van der Waals surface area contributed by atoms with Gasteiger partial charge >= 0.3 is 0 Å². The van der Waals surface area contributed by atoms with Gasteiger partial charge in [0.25, 0.3) is 0 Å². The van der Waals surface area contributed by atoms with E-state index in [2.05, 4.69) is 67.8 Å². The van der Waals surface area contributed by atoms with E-state index in [1.54, 1.807) is 0 Å². The highest BCUT2D eigenvalue weighted by Crippen LogP contribution is 2.22. The Labute approximate surface area is 147 Å². The van der Waals surface area contributed by atoms with Crippen molar-refractivity contribution in [3.63, 3.8) is 0 Å². The van der Waals surface area contributed by atoms with Crippen LogP contribution in [0, 0.1) is 5.92 Å². The molecule has 0 spiro atoms. The van der Waals surface area contributed by atoms with Gasteiger partial charge in [-0.2, -0.15) is 0 Å². The normalized spacial score (nSPS) is 12.2. The molecule has 0 fully saturated rings. The van der Waals surface area contributed by atoms with Gasteiger partial charge in [-0.25, -0.2) is 0 Å². The molecule has 1 unspecified atom stereocenters. The Kier molecular flexibility index (Phi) is 7.67. The Morgan fingerprint density at radius 3 is 1.83 bits per heavy atom. The zero-order valence-corrected chi connectivity index (χ0v) is 15.4. The molecule has 0 heterocycles. The summed E-state index contributed by atoms with van der Waals surface area (Å²) in [4.78, 5) is 0. The maximum atomic E-state index is 3.70. The van der Waals surface area contributed by atoms with E-state index >= 15 is 0 Å². The lowest BCUT2D eigenvalue weighted by Crippen LogP contribution is -2.19. The second kappa shape index (κ2) is 10.0. The fraction of sp³-hybridized carbons (Fsp3) is 0.455. The SMILES string of the molecule is CCC(CC)CCC(CC)Nc1ccc(Nc2ccccc2)cc1. The average Bonchev–Trinajstić information content (AvgIpc) is 2.64. The number of rotatable bonds is 10. The van der Waals surface area contributed by atoms with Crippen LogP contribution in [-0.4, -0.2) is 6.04 Å². The zero-order valence-electron chi connectivity index (χ0n) is 15.4. The predicted octanol–water partition coefficient (Wildman–Crippen LogP) is 6.84. The van der Waals surface area contributed by atoms with Crippen LogP contribution in [0.2, 0.25) is 0 Å². The second-order valence-electron chi connectivity index (χ2n) is 6.58. The van der Waals surface area contributed by atoms with Gasteiger partial charge in [0, 0.05) is 23.1 Å². The first-order valence-electron chi connectivity index (χ1n) is 9.43. The van der Waals surface area contributed by atoms with Gasteiger partial charge in [0.15, 0.2) is 0 Å². The van der Waals surface area contributed by atoms with Gasteiger partial charge in [-0.3, -0.25) is 0 Å². The summed E-state index contributed by atoms with van der Waals surface area (Å²) < 4.78 is 0. The summed E-state index contributed by atoms with van der Waals surface area (Å²) in [6, 6.07) is 19.5. The van der Waals surface area contributed by atoms with Crippen LogP contribution in [0.5, 0.6) is 0 Å². The summed E-state index contributed by atoms with van der Waals surface area (Å²) in [6.45, 7) is 6.89. The molecule has 0 radical (unpaired) electrons. The van der Waals surface area contributed by atoms with Crippen molar-refractivity contribution in [1.82, 2.24) is 0 Å². The molecule has 0 aliphatic carbocycles. The molecule has 2 rings (SSSR count). The lowest BCUT2D eigenvalue weighted by Gasteiger charge is -2.21. The standard InChI is InChI=1S/C22H32N2/c1-4-18(5-2)12-13-19(6-3)23-21-14-16-22(17-15-21)24-20-10-8-7-9-11-20/h7-11,14-19,23-24H,4-6,12-13H2,1-3H3. The van der Waals surface area contributed by atoms with Gasteiger partial charge in [0.2, 0.25) is 0 Å². The molecule has 0 amide bonds. The first kappa shape index (κ1) is 18.4. The number of hydrogen-bond acceptors (Lipinski definition) is 2. The van der Waals surface area contributed by atoms with Crippen LogP contribution in [-0.2, 0) is 0 Å². The fourth-order valence-electron chi connectivity index (χ4n) is 3.09. The maximum Gasteiger partial charge on any atom is 0.0385 e. The molecular formula is C22H32N2. The van der Waals surface area contributed by atoms with E-state index in [4.69, 9.17) is 0 Å². The molecule has 0 saturated carbocycles. The largest absolute Gasteiger partial charge is 0.382 e. The highest BCUT2D eigenvalue weighted by molar-refractivity contribution is 5.62. The Morgan fingerprint density at radius 1 is 0.667 bits per heavy atom. The van der Waals surface area contributed by atoms with Crippen LogP contribution < -0.4 is 10.6 Å². The van der Waals surface area contributed by atoms with Crippen molar-refractivity contribution in [2.24, 2.45) is 5.92 Å². The Morgan fingerprint density at radius 2 is 1.25 bits per heavy atom. The molecule has 2 N–H and O–H groups in total. The third-order valence-corrected chi connectivity index (χ3v) is 4.89. The Hall–Kier alpha value is -1.96. The van der Waals surface area contributed by atoms with Crippen LogP contribution in [0.25, 0.3) is 0 Å². The van der Waals surface area contributed by atoms with E-state index in [0.29, 0.717) is 6.04 Å². The summed E-state index contributed by atoms with van der Waals surface area (Å²) in [5.74, 6) is 0.873. The molecule has 24 heavy (non-hydrogen) atoms. The number of anilines is 3. The van der Waals surface area contributed by atoms with Crippen molar-refractivity contribution >= 4 is 17.1 Å². The minimum Gasteiger partial charge on any atom is -0.382 e. The molecule has 0 bridgehead atoms. The molecule has 0 aliphatic heterocycles. The molecule has 130 valence electrons. The van der Waals surface area contributed by atoms with E-state index in [9.17, 15) is 0 Å². The van der Waals surface area contributed by atoms with Crippen molar-refractivity contribution < 1.29 is 0 Å². The van der Waals surface area contributed by atoms with Crippen LogP contribution in [0.15, 0.2) is 54.6 Å². The van der Waals surface area contributed by atoms with Gasteiger partial charge in [-0.05, 0) is 61.6 Å². The van der Waals surface area contributed by atoms with Crippen LogP contribution in [0.3, 0.4) is 0 Å². The monoisotopic (exact) mass is 324 g/mol. The topological polar surface area (TPSA) is 24.1 Å². The highest BCUT2D eigenvalue weighted by Gasteiger charge is 2.10. The van der Waals surface area contributed by atoms with E-state index in [-0.39, 0.29) is 0 Å². The van der Waals surface area contributed by atoms with E-state index < -0.39 is 0 Å². The molecule has 2 aromatic rings. The lowest BCUT2D eigenvalue weighted by molar-refractivity contribution is 0.420. The van der Waals surface area contributed by atoms with Crippen molar-refractivity contribution in [2.75, 3.05) is 10.6 Å². The van der Waals surface area contributed by atoms with Crippen molar-refractivity contribution in [3.05, 3.63) is 54.6 Å². The molecular weight excluding hydrogens is 292 g/mol. The number of hydrogen-bond donors (Lipinski definition) is 2. The lowest BCUT2D eigenvalue weighted by atomic mass is 9.94. The molecule has 0 aliphatic rings. The van der Waals surface area contributed by atoms with Gasteiger partial charge in [0.05, 0.1) is 0 Å². The van der Waals surface area contributed by atoms with E-state index in [1.807, 2.05) is 18.2 Å². The third-order valence-electron chi connectivity index (χ3n) is 4.89. The second-order valence-corrected chi connectivity index (χ2v) is 6.58. The van der Waals surface area contributed by atoms with E-state index in [0.717, 1.165) is 17.3 Å². The molecule has 2 heteroatoms. The Bertz CT molecular complexity index is 558. The first-order chi connectivity index (χ1) is 11.7. The highest BCUT2D eigenvalue weighted by atomic mass is 14.9. The predicted molar refractivity (Wildman–Crippen MR) is 107 cm³/mol. The molecule has 0 aromatic heterocycles. The van der Waals surface area contributed by atoms with Crippen molar-refractivity contribution in [1.29, 1.82) is 0 Å². The van der Waals surface area contributed by atoms with Gasteiger partial charge in [-0.1, -0.05) is 51.8 Å². The molecule has 2 nitrogen and oxygen atoms in total. The summed E-state index contributed by atoms with van der Waals surface area (Å²) >= 11 is 0. The maximum absolute atomic E-state index is 3.70. The summed E-state index contributed by atoms with van der Waals surface area (Å²) in [5, 5.41) is 7.12. The number of para-hydroxylation sites is 1. The smallest absolute Gasteiger partial charge is 0.0385 e. The fourth-order valence-corrected chi connectivity index (χ4v) is 3.09. The Balaban J connectivity index is 1.87. The minimum atomic E-state index is 0.568. The molecule has 0 saturated heterocycles. The summed E-state index contributed by atoms with van der Waals surface area (Å²) in [5.41, 5.74) is 3.46. The van der Waals surface area contributed by atoms with Crippen LogP contribution >= 0.6 is 0 Å². The van der Waals surface area contributed by atoms with Crippen LogP contribution in [0.1, 0.15) is 52.9 Å². The number of nitrogens with one attached hydrogen (secondary N) is 2. The number of benzene rings is 2. The first-order valence-corrected chi connectivity index (χ1v) is 9.43. The summed E-state index contributed by atoms with van der Waals surface area (Å²) in [6.07, 6.45) is 6.35. The summed E-state index contributed by atoms with van der Waals surface area (Å²) in [7, 11) is 0. The third kappa shape index (κ3) is 5.92. The zero-order chi connectivity index (χ0) is 17.2. The van der Waals surface area contributed by atoms with Gasteiger partial charge in [0.1, 0.15) is 0 Å².